The quantitative estimate of drug-likeness (QED) is 0.731. The molecule has 0 aromatic rings. The van der Waals surface area contributed by atoms with Gasteiger partial charge in [-0.1, -0.05) is 6.92 Å². The fourth-order valence-electron chi connectivity index (χ4n) is 2.70. The minimum absolute atomic E-state index is 0.443. The molecule has 4 nitrogen and oxygen atoms in total. The zero-order valence-electron chi connectivity index (χ0n) is 12.0. The summed E-state index contributed by atoms with van der Waals surface area (Å²) in [6, 6.07) is 2.49. The minimum atomic E-state index is -0.443. The van der Waals surface area contributed by atoms with Gasteiger partial charge < -0.3 is 9.47 Å². The summed E-state index contributed by atoms with van der Waals surface area (Å²) in [4.78, 5) is 0. The molecule has 1 heterocycles. The van der Waals surface area contributed by atoms with Gasteiger partial charge in [-0.25, -0.2) is 0 Å². The van der Waals surface area contributed by atoms with Crippen LogP contribution in [0.15, 0.2) is 0 Å². The van der Waals surface area contributed by atoms with Gasteiger partial charge in [0, 0.05) is 19.8 Å². The fourth-order valence-corrected chi connectivity index (χ4v) is 2.70. The normalized spacial score (nSPS) is 23.8. The molecular weight excluding hydrogens is 240 g/mol. The molecule has 1 atom stereocenters. The third kappa shape index (κ3) is 4.17. The number of hydrogen-bond acceptors (Lipinski definition) is 4. The largest absolute Gasteiger partial charge is 0.381 e. The zero-order valence-corrected chi connectivity index (χ0v) is 12.0. The molecular formula is C15H26N2O2. The lowest BCUT2D eigenvalue weighted by Crippen LogP contribution is -2.50. The SMILES string of the molecule is CCCNC(C#N)(COCC1CCOCC1)C1CC1. The van der Waals surface area contributed by atoms with Crippen molar-refractivity contribution < 1.29 is 9.47 Å². The number of nitriles is 1. The summed E-state index contributed by atoms with van der Waals surface area (Å²) in [5.74, 6) is 1.09. The van der Waals surface area contributed by atoms with E-state index in [2.05, 4.69) is 18.3 Å². The molecule has 2 aliphatic rings. The molecule has 1 saturated heterocycles. The lowest BCUT2D eigenvalue weighted by Gasteiger charge is -2.29. The molecule has 1 aliphatic carbocycles. The van der Waals surface area contributed by atoms with Gasteiger partial charge in [0.25, 0.3) is 0 Å². The Hall–Kier alpha value is -0.630. The van der Waals surface area contributed by atoms with Gasteiger partial charge in [-0.05, 0) is 50.5 Å². The maximum absolute atomic E-state index is 9.54. The Morgan fingerprint density at radius 1 is 1.32 bits per heavy atom. The van der Waals surface area contributed by atoms with E-state index >= 15 is 0 Å². The molecule has 1 saturated carbocycles. The fraction of sp³-hybridized carbons (Fsp3) is 0.933. The summed E-state index contributed by atoms with van der Waals surface area (Å²) in [6.07, 6.45) is 5.54. The van der Waals surface area contributed by atoms with E-state index in [4.69, 9.17) is 9.47 Å². The van der Waals surface area contributed by atoms with Gasteiger partial charge in [0.2, 0.25) is 0 Å². The van der Waals surface area contributed by atoms with Crippen molar-refractivity contribution in [2.45, 2.75) is 44.6 Å². The maximum Gasteiger partial charge on any atom is 0.133 e. The van der Waals surface area contributed by atoms with Gasteiger partial charge in [-0.3, -0.25) is 5.32 Å². The van der Waals surface area contributed by atoms with Crippen molar-refractivity contribution in [3.63, 3.8) is 0 Å². The molecule has 0 bridgehead atoms. The standard InChI is InChI=1S/C15H26N2O2/c1-2-7-17-15(11-16,14-3-4-14)12-19-10-13-5-8-18-9-6-13/h13-14,17H,2-10,12H2,1H3. The van der Waals surface area contributed by atoms with E-state index < -0.39 is 5.54 Å². The van der Waals surface area contributed by atoms with E-state index in [9.17, 15) is 5.26 Å². The topological polar surface area (TPSA) is 54.3 Å². The highest BCUT2D eigenvalue weighted by Crippen LogP contribution is 2.39. The first-order valence-corrected chi connectivity index (χ1v) is 7.62. The average Bonchev–Trinajstić information content (AvgIpc) is 3.29. The smallest absolute Gasteiger partial charge is 0.133 e. The molecule has 0 amide bonds. The van der Waals surface area contributed by atoms with E-state index in [0.29, 0.717) is 18.4 Å². The van der Waals surface area contributed by atoms with Crippen molar-refractivity contribution in [1.29, 1.82) is 5.26 Å². The van der Waals surface area contributed by atoms with Crippen molar-refractivity contribution >= 4 is 0 Å². The molecule has 0 aromatic carbocycles. The average molecular weight is 266 g/mol. The van der Waals surface area contributed by atoms with Crippen LogP contribution in [0.2, 0.25) is 0 Å². The van der Waals surface area contributed by atoms with Gasteiger partial charge in [-0.2, -0.15) is 5.26 Å². The first-order valence-electron chi connectivity index (χ1n) is 7.62. The third-order valence-electron chi connectivity index (χ3n) is 4.19. The molecule has 4 heteroatoms. The summed E-state index contributed by atoms with van der Waals surface area (Å²) in [5.41, 5.74) is -0.443. The van der Waals surface area contributed by atoms with Gasteiger partial charge in [0.1, 0.15) is 5.54 Å². The van der Waals surface area contributed by atoms with Crippen LogP contribution in [-0.2, 0) is 9.47 Å². The Balaban J connectivity index is 1.77. The molecule has 0 radical (unpaired) electrons. The summed E-state index contributed by atoms with van der Waals surface area (Å²) in [6.45, 7) is 6.04. The number of rotatable bonds is 8. The van der Waals surface area contributed by atoms with Crippen molar-refractivity contribution in [1.82, 2.24) is 5.32 Å². The highest BCUT2D eigenvalue weighted by atomic mass is 16.5. The zero-order chi connectivity index (χ0) is 13.6. The minimum Gasteiger partial charge on any atom is -0.381 e. The predicted octanol–water partition coefficient (Wildman–Crippen LogP) is 2.10. The lowest BCUT2D eigenvalue weighted by atomic mass is 9.95. The van der Waals surface area contributed by atoms with E-state index in [1.54, 1.807) is 0 Å². The number of nitrogens with one attached hydrogen (secondary N) is 1. The van der Waals surface area contributed by atoms with Gasteiger partial charge in [0.05, 0.1) is 12.7 Å². The van der Waals surface area contributed by atoms with Crippen molar-refractivity contribution in [2.75, 3.05) is 33.0 Å². The molecule has 19 heavy (non-hydrogen) atoms. The van der Waals surface area contributed by atoms with Crippen LogP contribution < -0.4 is 5.32 Å². The molecule has 0 spiro atoms. The van der Waals surface area contributed by atoms with Crippen LogP contribution in [0.5, 0.6) is 0 Å². The van der Waals surface area contributed by atoms with Crippen LogP contribution in [0.3, 0.4) is 0 Å². The summed E-state index contributed by atoms with van der Waals surface area (Å²) < 4.78 is 11.2. The van der Waals surface area contributed by atoms with E-state index in [0.717, 1.165) is 58.5 Å². The van der Waals surface area contributed by atoms with Crippen LogP contribution >= 0.6 is 0 Å². The van der Waals surface area contributed by atoms with Crippen LogP contribution in [0.25, 0.3) is 0 Å². The first kappa shape index (κ1) is 14.8. The second kappa shape index (κ2) is 7.23. The molecule has 2 rings (SSSR count). The van der Waals surface area contributed by atoms with E-state index in [1.807, 2.05) is 0 Å². The number of nitrogens with zero attached hydrogens (tertiary/aromatic N) is 1. The Morgan fingerprint density at radius 2 is 2.05 bits per heavy atom. The second-order valence-corrected chi connectivity index (χ2v) is 5.86. The molecule has 0 aromatic heterocycles. The highest BCUT2D eigenvalue weighted by Gasteiger charge is 2.45. The molecule has 2 fully saturated rings. The van der Waals surface area contributed by atoms with Crippen LogP contribution in [0, 0.1) is 23.2 Å². The van der Waals surface area contributed by atoms with Gasteiger partial charge in [-0.15, -0.1) is 0 Å². The molecule has 1 aliphatic heterocycles. The van der Waals surface area contributed by atoms with Crippen molar-refractivity contribution in [3.05, 3.63) is 0 Å². The molecule has 108 valence electrons. The highest BCUT2D eigenvalue weighted by molar-refractivity contribution is 5.15. The van der Waals surface area contributed by atoms with Crippen LogP contribution in [0.1, 0.15) is 39.0 Å². The monoisotopic (exact) mass is 266 g/mol. The number of ether oxygens (including phenoxy) is 2. The molecule has 1 unspecified atom stereocenters. The molecule has 1 N–H and O–H groups in total. The predicted molar refractivity (Wildman–Crippen MR) is 73.7 cm³/mol. The Bertz CT molecular complexity index is 306. The van der Waals surface area contributed by atoms with Gasteiger partial charge in [0.15, 0.2) is 0 Å². The Morgan fingerprint density at radius 3 is 2.63 bits per heavy atom. The van der Waals surface area contributed by atoms with Crippen molar-refractivity contribution in [3.8, 4) is 6.07 Å². The summed E-state index contributed by atoms with van der Waals surface area (Å²) in [5, 5.41) is 13.0. The van der Waals surface area contributed by atoms with Crippen LogP contribution in [0.4, 0.5) is 0 Å². The third-order valence-corrected chi connectivity index (χ3v) is 4.19. The van der Waals surface area contributed by atoms with Crippen LogP contribution in [-0.4, -0.2) is 38.5 Å². The summed E-state index contributed by atoms with van der Waals surface area (Å²) in [7, 11) is 0. The second-order valence-electron chi connectivity index (χ2n) is 5.86. The first-order chi connectivity index (χ1) is 9.30. The van der Waals surface area contributed by atoms with E-state index in [-0.39, 0.29) is 0 Å². The lowest BCUT2D eigenvalue weighted by molar-refractivity contribution is 0.00632. The Labute approximate surface area is 116 Å². The van der Waals surface area contributed by atoms with Gasteiger partial charge >= 0.3 is 0 Å². The number of hydrogen-bond donors (Lipinski definition) is 1. The Kier molecular flexibility index (Phi) is 5.62. The van der Waals surface area contributed by atoms with E-state index in [1.165, 1.54) is 0 Å². The maximum atomic E-state index is 9.54. The summed E-state index contributed by atoms with van der Waals surface area (Å²) >= 11 is 0. The van der Waals surface area contributed by atoms with Crippen molar-refractivity contribution in [2.24, 2.45) is 11.8 Å².